The minimum absolute atomic E-state index is 0.134. The lowest BCUT2D eigenvalue weighted by Gasteiger charge is -2.10. The molecule has 0 heterocycles. The van der Waals surface area contributed by atoms with Gasteiger partial charge in [-0.3, -0.25) is 4.79 Å². The highest BCUT2D eigenvalue weighted by atomic mass is 35.5. The molecule has 0 N–H and O–H groups in total. The molecule has 0 radical (unpaired) electrons. The zero-order chi connectivity index (χ0) is 16.8. The second kappa shape index (κ2) is 8.34. The molecule has 5 heteroatoms. The molecule has 2 rings (SSSR count). The monoisotopic (exact) mass is 351 g/mol. The van der Waals surface area contributed by atoms with E-state index in [0.29, 0.717) is 34.4 Å². The van der Waals surface area contributed by atoms with Gasteiger partial charge in [-0.05, 0) is 56.1 Å². The van der Waals surface area contributed by atoms with E-state index >= 15 is 0 Å². The zero-order valence-electron chi connectivity index (χ0n) is 13.2. The van der Waals surface area contributed by atoms with Crippen LogP contribution in [-0.2, 0) is 6.61 Å². The molecule has 2 aromatic rings. The normalized spacial score (nSPS) is 10.8. The number of nitrogens with zero attached hydrogens (tertiary/aromatic N) is 1. The Kier molecular flexibility index (Phi) is 6.46. The summed E-state index contributed by atoms with van der Waals surface area (Å²) in [5.74, 6) is 0.843. The summed E-state index contributed by atoms with van der Waals surface area (Å²) in [5, 5.41) is 1.03. The van der Waals surface area contributed by atoms with Crippen LogP contribution in [0.1, 0.15) is 22.3 Å². The maximum Gasteiger partial charge on any atom is 0.164 e. The van der Waals surface area contributed by atoms with Crippen LogP contribution in [0.2, 0.25) is 10.0 Å². The first kappa shape index (κ1) is 17.8. The van der Waals surface area contributed by atoms with Crippen molar-refractivity contribution in [2.45, 2.75) is 13.0 Å². The van der Waals surface area contributed by atoms with E-state index in [1.807, 2.05) is 25.1 Å². The average molecular weight is 352 g/mol. The van der Waals surface area contributed by atoms with Crippen LogP contribution in [-0.4, -0.2) is 31.3 Å². The van der Waals surface area contributed by atoms with Gasteiger partial charge in [-0.15, -0.1) is 0 Å². The molecule has 122 valence electrons. The highest BCUT2D eigenvalue weighted by molar-refractivity contribution is 6.42. The second-order valence-electron chi connectivity index (χ2n) is 5.54. The Hall–Kier alpha value is -1.55. The van der Waals surface area contributed by atoms with Crippen molar-refractivity contribution in [3.8, 4) is 5.75 Å². The summed E-state index contributed by atoms with van der Waals surface area (Å²) in [4.78, 5) is 14.0. The molecule has 0 saturated heterocycles. The lowest BCUT2D eigenvalue weighted by Crippen LogP contribution is -2.16. The van der Waals surface area contributed by atoms with Crippen LogP contribution in [0.4, 0.5) is 0 Å². The van der Waals surface area contributed by atoms with E-state index in [2.05, 4.69) is 0 Å². The number of benzene rings is 2. The van der Waals surface area contributed by atoms with Gasteiger partial charge in [0.2, 0.25) is 0 Å². The molecule has 0 aliphatic carbocycles. The first-order valence-corrected chi connectivity index (χ1v) is 8.06. The van der Waals surface area contributed by atoms with Gasteiger partial charge in [0, 0.05) is 18.5 Å². The quantitative estimate of drug-likeness (QED) is 0.676. The fraction of sp³-hybridized carbons (Fsp3) is 0.278. The molecule has 0 aliphatic heterocycles. The topological polar surface area (TPSA) is 29.5 Å². The fourth-order valence-electron chi connectivity index (χ4n) is 2.00. The van der Waals surface area contributed by atoms with Gasteiger partial charge in [0.05, 0.1) is 10.0 Å². The summed E-state index contributed by atoms with van der Waals surface area (Å²) in [6, 6.07) is 12.6. The number of carbonyl (C=O) groups is 1. The molecule has 0 aliphatic rings. The van der Waals surface area contributed by atoms with E-state index in [9.17, 15) is 4.79 Å². The minimum Gasteiger partial charge on any atom is -0.489 e. The third kappa shape index (κ3) is 5.54. The Morgan fingerprint density at radius 1 is 1.04 bits per heavy atom. The van der Waals surface area contributed by atoms with Crippen molar-refractivity contribution in [2.75, 3.05) is 20.6 Å². The van der Waals surface area contributed by atoms with E-state index in [1.54, 1.807) is 36.4 Å². The van der Waals surface area contributed by atoms with Crippen LogP contribution in [0, 0.1) is 0 Å². The smallest absolute Gasteiger partial charge is 0.164 e. The van der Waals surface area contributed by atoms with Gasteiger partial charge in [-0.25, -0.2) is 0 Å². The van der Waals surface area contributed by atoms with Crippen LogP contribution in [0.5, 0.6) is 5.75 Å². The summed E-state index contributed by atoms with van der Waals surface area (Å²) >= 11 is 11.9. The van der Waals surface area contributed by atoms with Gasteiger partial charge in [-0.1, -0.05) is 29.3 Å². The van der Waals surface area contributed by atoms with Gasteiger partial charge in [0.25, 0.3) is 0 Å². The largest absolute Gasteiger partial charge is 0.489 e. The van der Waals surface area contributed by atoms with E-state index in [4.69, 9.17) is 27.9 Å². The Labute approximate surface area is 146 Å². The molecule has 0 aromatic heterocycles. The number of rotatable bonds is 7. The van der Waals surface area contributed by atoms with Crippen molar-refractivity contribution in [1.29, 1.82) is 0 Å². The number of hydrogen-bond donors (Lipinski definition) is 0. The van der Waals surface area contributed by atoms with E-state index in [1.165, 1.54) is 0 Å². The molecule has 0 atom stereocenters. The van der Waals surface area contributed by atoms with Gasteiger partial charge >= 0.3 is 0 Å². The molecule has 23 heavy (non-hydrogen) atoms. The third-order valence-electron chi connectivity index (χ3n) is 3.35. The standard InChI is InChI=1S/C18H19Cl2NO2/c1-21(2)10-9-18(22)14-4-6-15(7-5-14)23-12-13-3-8-16(19)17(20)11-13/h3-8,11H,9-10,12H2,1-2H3. The van der Waals surface area contributed by atoms with Gasteiger partial charge in [0.1, 0.15) is 12.4 Å². The van der Waals surface area contributed by atoms with Crippen molar-refractivity contribution >= 4 is 29.0 Å². The van der Waals surface area contributed by atoms with Crippen molar-refractivity contribution in [3.05, 3.63) is 63.6 Å². The highest BCUT2D eigenvalue weighted by Gasteiger charge is 2.07. The molecule has 3 nitrogen and oxygen atoms in total. The van der Waals surface area contributed by atoms with E-state index < -0.39 is 0 Å². The minimum atomic E-state index is 0.134. The van der Waals surface area contributed by atoms with Crippen LogP contribution in [0.3, 0.4) is 0 Å². The maximum atomic E-state index is 12.0. The summed E-state index contributed by atoms with van der Waals surface area (Å²) in [6.45, 7) is 1.14. The molecule has 0 bridgehead atoms. The lowest BCUT2D eigenvalue weighted by molar-refractivity contribution is 0.0972. The van der Waals surface area contributed by atoms with Gasteiger partial charge in [-0.2, -0.15) is 0 Å². The molecule has 0 spiro atoms. The predicted molar refractivity (Wildman–Crippen MR) is 94.7 cm³/mol. The number of carbonyl (C=O) groups excluding carboxylic acids is 1. The summed E-state index contributed by atoms with van der Waals surface area (Å²) < 4.78 is 5.70. The molecular formula is C18H19Cl2NO2. The number of Topliss-reactive ketones (excluding diaryl/α,β-unsaturated/α-hetero) is 1. The number of hydrogen-bond acceptors (Lipinski definition) is 3. The lowest BCUT2D eigenvalue weighted by atomic mass is 10.1. The molecular weight excluding hydrogens is 333 g/mol. The zero-order valence-corrected chi connectivity index (χ0v) is 14.7. The number of halogens is 2. The van der Waals surface area contributed by atoms with Crippen molar-refractivity contribution in [3.63, 3.8) is 0 Å². The fourth-order valence-corrected chi connectivity index (χ4v) is 2.32. The van der Waals surface area contributed by atoms with Crippen LogP contribution in [0.25, 0.3) is 0 Å². The summed E-state index contributed by atoms with van der Waals surface area (Å²) in [6.07, 6.45) is 0.510. The van der Waals surface area contributed by atoms with Crippen molar-refractivity contribution in [2.24, 2.45) is 0 Å². The molecule has 0 amide bonds. The molecule has 0 fully saturated rings. The van der Waals surface area contributed by atoms with E-state index in [0.717, 1.165) is 12.1 Å². The van der Waals surface area contributed by atoms with Crippen LogP contribution >= 0.6 is 23.2 Å². The van der Waals surface area contributed by atoms with Crippen molar-refractivity contribution in [1.82, 2.24) is 4.90 Å². The maximum absolute atomic E-state index is 12.0. The van der Waals surface area contributed by atoms with Gasteiger partial charge < -0.3 is 9.64 Å². The average Bonchev–Trinajstić information content (AvgIpc) is 2.54. The predicted octanol–water partition coefficient (Wildman–Crippen LogP) is 4.71. The molecule has 2 aromatic carbocycles. The Bertz CT molecular complexity index is 669. The third-order valence-corrected chi connectivity index (χ3v) is 4.09. The Morgan fingerprint density at radius 3 is 2.35 bits per heavy atom. The Balaban J connectivity index is 1.92. The number of ether oxygens (including phenoxy) is 1. The van der Waals surface area contributed by atoms with Crippen LogP contribution in [0.15, 0.2) is 42.5 Å². The number of ketones is 1. The summed E-state index contributed by atoms with van der Waals surface area (Å²) in [7, 11) is 3.90. The molecule has 0 saturated carbocycles. The highest BCUT2D eigenvalue weighted by Crippen LogP contribution is 2.23. The first-order chi connectivity index (χ1) is 11.0. The Morgan fingerprint density at radius 2 is 1.74 bits per heavy atom. The summed E-state index contributed by atoms with van der Waals surface area (Å²) in [5.41, 5.74) is 1.64. The molecule has 0 unspecified atom stereocenters. The van der Waals surface area contributed by atoms with Crippen LogP contribution < -0.4 is 4.74 Å². The first-order valence-electron chi connectivity index (χ1n) is 7.30. The van der Waals surface area contributed by atoms with E-state index in [-0.39, 0.29) is 5.78 Å². The SMILES string of the molecule is CN(C)CCC(=O)c1ccc(OCc2ccc(Cl)c(Cl)c2)cc1. The van der Waals surface area contributed by atoms with Gasteiger partial charge in [0.15, 0.2) is 5.78 Å². The second-order valence-corrected chi connectivity index (χ2v) is 6.35. The van der Waals surface area contributed by atoms with Crippen molar-refractivity contribution < 1.29 is 9.53 Å².